The number of hydrogen-bond acceptors (Lipinski definition) is 1. The maximum absolute atomic E-state index is 12.1. The van der Waals surface area contributed by atoms with Gasteiger partial charge in [-0.05, 0) is 97.0 Å². The lowest BCUT2D eigenvalue weighted by molar-refractivity contribution is 0.271. The Hall–Kier alpha value is -0.980. The molecule has 0 aromatic heterocycles. The molecule has 2 aliphatic rings. The molecule has 0 amide bonds. The van der Waals surface area contributed by atoms with Crippen LogP contribution in [0.5, 0.6) is 5.75 Å². The maximum atomic E-state index is 12.1. The van der Waals surface area contributed by atoms with Gasteiger partial charge in [0.1, 0.15) is 5.75 Å². The van der Waals surface area contributed by atoms with Crippen LogP contribution in [0.15, 0.2) is 6.07 Å². The van der Waals surface area contributed by atoms with E-state index < -0.39 is 0 Å². The fraction of sp³-hybridized carbons (Fsp3) is 0.786. The number of rotatable bonds is 8. The summed E-state index contributed by atoms with van der Waals surface area (Å²) >= 11 is 0. The molecule has 2 aliphatic carbocycles. The Morgan fingerprint density at radius 2 is 0.828 bits per heavy atom. The third-order valence-corrected chi connectivity index (χ3v) is 10.3. The highest BCUT2D eigenvalue weighted by atomic mass is 16.3. The molecule has 3 rings (SSSR count). The van der Waals surface area contributed by atoms with E-state index in [-0.39, 0.29) is 21.7 Å². The second-order valence-corrected chi connectivity index (χ2v) is 10.4. The first-order valence-electron chi connectivity index (χ1n) is 12.7. The summed E-state index contributed by atoms with van der Waals surface area (Å²) in [5, 5.41) is 12.1. The molecule has 29 heavy (non-hydrogen) atoms. The first-order valence-corrected chi connectivity index (χ1v) is 12.7. The summed E-state index contributed by atoms with van der Waals surface area (Å²) in [4.78, 5) is 0. The minimum atomic E-state index is 0.136. The fourth-order valence-corrected chi connectivity index (χ4v) is 7.71. The third-order valence-electron chi connectivity index (χ3n) is 10.3. The highest BCUT2D eigenvalue weighted by Crippen LogP contribution is 2.65. The smallest absolute Gasteiger partial charge is 0.123 e. The van der Waals surface area contributed by atoms with E-state index in [0.29, 0.717) is 5.75 Å². The van der Waals surface area contributed by atoms with Crippen molar-refractivity contribution in [2.45, 2.75) is 141 Å². The molecular weight excluding hydrogens is 352 g/mol. The second-order valence-electron chi connectivity index (χ2n) is 10.4. The second kappa shape index (κ2) is 7.61. The molecule has 1 aromatic carbocycles. The van der Waals surface area contributed by atoms with Crippen LogP contribution in [0.4, 0.5) is 0 Å². The summed E-state index contributed by atoms with van der Waals surface area (Å²) in [6, 6.07) is 2.63. The number of phenolic OH excluding ortho intramolecular Hbond substituents is 1. The van der Waals surface area contributed by atoms with Crippen LogP contribution < -0.4 is 0 Å². The minimum absolute atomic E-state index is 0.136. The molecule has 0 spiro atoms. The zero-order chi connectivity index (χ0) is 21.7. The molecular formula is C28H46O. The Bertz CT molecular complexity index is 680. The summed E-state index contributed by atoms with van der Waals surface area (Å²) in [5.41, 5.74) is 6.44. The first kappa shape index (κ1) is 22.7. The minimum Gasteiger partial charge on any atom is -0.507 e. The van der Waals surface area contributed by atoms with E-state index >= 15 is 0 Å². The van der Waals surface area contributed by atoms with Gasteiger partial charge in [-0.25, -0.2) is 0 Å². The summed E-state index contributed by atoms with van der Waals surface area (Å²) < 4.78 is 0. The lowest BCUT2D eigenvalue weighted by Crippen LogP contribution is -2.28. The Kier molecular flexibility index (Phi) is 5.96. The molecule has 1 N–H and O–H groups in total. The van der Waals surface area contributed by atoms with Crippen molar-refractivity contribution in [3.05, 3.63) is 28.3 Å². The summed E-state index contributed by atoms with van der Waals surface area (Å²) in [7, 11) is 0. The van der Waals surface area contributed by atoms with E-state index in [9.17, 15) is 5.11 Å². The van der Waals surface area contributed by atoms with Crippen molar-refractivity contribution in [1.82, 2.24) is 0 Å². The molecule has 164 valence electrons. The van der Waals surface area contributed by atoms with Gasteiger partial charge in [-0.2, -0.15) is 0 Å². The predicted molar refractivity (Wildman–Crippen MR) is 126 cm³/mol. The zero-order valence-corrected chi connectivity index (χ0v) is 20.6. The molecule has 0 unspecified atom stereocenters. The zero-order valence-electron chi connectivity index (χ0n) is 20.6. The van der Waals surface area contributed by atoms with Gasteiger partial charge in [0, 0.05) is 11.1 Å². The van der Waals surface area contributed by atoms with Gasteiger partial charge in [0.05, 0.1) is 0 Å². The van der Waals surface area contributed by atoms with Gasteiger partial charge in [0.2, 0.25) is 0 Å². The van der Waals surface area contributed by atoms with Crippen molar-refractivity contribution in [3.63, 3.8) is 0 Å². The van der Waals surface area contributed by atoms with Crippen LogP contribution in [0.2, 0.25) is 0 Å². The highest BCUT2D eigenvalue weighted by molar-refractivity contribution is 5.65. The Labute approximate surface area is 180 Å². The normalized spacial score (nSPS) is 22.5. The monoisotopic (exact) mass is 398 g/mol. The SMILES string of the molecule is CCC1(CC)CC(CC)(CC)c2c1cc1c(c2O)C(CC)(CC)CC1(CC)CC. The largest absolute Gasteiger partial charge is 0.507 e. The van der Waals surface area contributed by atoms with Gasteiger partial charge in [-0.3, -0.25) is 0 Å². The van der Waals surface area contributed by atoms with Crippen LogP contribution in [0.1, 0.15) is 142 Å². The van der Waals surface area contributed by atoms with Crippen molar-refractivity contribution in [3.8, 4) is 5.75 Å². The van der Waals surface area contributed by atoms with Gasteiger partial charge < -0.3 is 5.11 Å². The maximum Gasteiger partial charge on any atom is 0.123 e. The van der Waals surface area contributed by atoms with Crippen LogP contribution in [0.3, 0.4) is 0 Å². The quantitative estimate of drug-likeness (QED) is 0.466. The van der Waals surface area contributed by atoms with Crippen LogP contribution in [-0.4, -0.2) is 5.11 Å². The van der Waals surface area contributed by atoms with Crippen LogP contribution >= 0.6 is 0 Å². The molecule has 1 heteroatoms. The van der Waals surface area contributed by atoms with E-state index in [1.807, 2.05) is 0 Å². The number of phenols is 1. The average Bonchev–Trinajstić information content (AvgIpc) is 3.23. The van der Waals surface area contributed by atoms with Crippen molar-refractivity contribution < 1.29 is 5.11 Å². The van der Waals surface area contributed by atoms with E-state index in [1.165, 1.54) is 60.8 Å². The van der Waals surface area contributed by atoms with E-state index in [2.05, 4.69) is 61.5 Å². The average molecular weight is 399 g/mol. The van der Waals surface area contributed by atoms with Crippen molar-refractivity contribution in [1.29, 1.82) is 0 Å². The number of fused-ring (bicyclic) bond motifs is 2. The lowest BCUT2D eigenvalue weighted by atomic mass is 9.69. The van der Waals surface area contributed by atoms with Gasteiger partial charge in [0.15, 0.2) is 0 Å². The predicted octanol–water partition coefficient (Wildman–Crippen LogP) is 8.43. The third kappa shape index (κ3) is 2.71. The molecule has 0 fully saturated rings. The van der Waals surface area contributed by atoms with Crippen LogP contribution in [0.25, 0.3) is 0 Å². The van der Waals surface area contributed by atoms with Gasteiger partial charge in [-0.1, -0.05) is 61.5 Å². The summed E-state index contributed by atoms with van der Waals surface area (Å²) in [6.45, 7) is 18.9. The standard InChI is InChI=1S/C28H46O/c1-9-25(10-2)18-27(13-5,14-6)22-20(25)17-21-23(24(22)29)28(15-7,16-8)19-26(21,11-3)12-4/h17,29H,9-16,18-19H2,1-8H3. The molecule has 1 aromatic rings. The summed E-state index contributed by atoms with van der Waals surface area (Å²) in [6.07, 6.45) is 11.6. The topological polar surface area (TPSA) is 20.2 Å². The Morgan fingerprint density at radius 1 is 0.552 bits per heavy atom. The summed E-state index contributed by atoms with van der Waals surface area (Å²) in [5.74, 6) is 0.706. The first-order chi connectivity index (χ1) is 13.8. The van der Waals surface area contributed by atoms with Gasteiger partial charge in [0.25, 0.3) is 0 Å². The molecule has 0 aliphatic heterocycles. The van der Waals surface area contributed by atoms with Gasteiger partial charge >= 0.3 is 0 Å². The fourth-order valence-electron chi connectivity index (χ4n) is 7.71. The van der Waals surface area contributed by atoms with Gasteiger partial charge in [-0.15, -0.1) is 0 Å². The molecule has 0 radical (unpaired) electrons. The van der Waals surface area contributed by atoms with Crippen molar-refractivity contribution >= 4 is 0 Å². The van der Waals surface area contributed by atoms with E-state index in [4.69, 9.17) is 0 Å². The Morgan fingerprint density at radius 3 is 1.07 bits per heavy atom. The molecule has 0 bridgehead atoms. The molecule has 1 nitrogen and oxygen atoms in total. The number of benzene rings is 1. The van der Waals surface area contributed by atoms with Crippen molar-refractivity contribution in [2.75, 3.05) is 0 Å². The Balaban J connectivity index is 2.46. The number of aromatic hydroxyl groups is 1. The van der Waals surface area contributed by atoms with E-state index in [0.717, 1.165) is 25.7 Å². The van der Waals surface area contributed by atoms with Crippen LogP contribution in [0, 0.1) is 0 Å². The van der Waals surface area contributed by atoms with Crippen LogP contribution in [-0.2, 0) is 21.7 Å². The highest BCUT2D eigenvalue weighted by Gasteiger charge is 2.56. The number of hydrogen-bond donors (Lipinski definition) is 1. The molecule has 0 atom stereocenters. The molecule has 0 saturated heterocycles. The van der Waals surface area contributed by atoms with E-state index in [1.54, 1.807) is 0 Å². The van der Waals surface area contributed by atoms with Crippen molar-refractivity contribution in [2.24, 2.45) is 0 Å². The molecule has 0 saturated carbocycles. The molecule has 0 heterocycles. The lowest BCUT2D eigenvalue weighted by Gasteiger charge is -2.34.